The van der Waals surface area contributed by atoms with Gasteiger partial charge in [0, 0.05) is 6.42 Å². The lowest BCUT2D eigenvalue weighted by Gasteiger charge is -2.10. The number of aliphatic hydroxyl groups is 1. The van der Waals surface area contributed by atoms with Crippen LogP contribution < -0.4 is 0 Å². The Morgan fingerprint density at radius 3 is 2.14 bits per heavy atom. The molecule has 1 unspecified atom stereocenters. The summed E-state index contributed by atoms with van der Waals surface area (Å²) in [6.45, 7) is 0.348. The molecule has 0 aliphatic heterocycles. The van der Waals surface area contributed by atoms with E-state index in [1.165, 1.54) is 0 Å². The third-order valence-corrected chi connectivity index (χ3v) is 3.21. The molecule has 21 heavy (non-hydrogen) atoms. The summed E-state index contributed by atoms with van der Waals surface area (Å²) in [6, 6.07) is 19.5. The number of hydrogen-bond donors (Lipinski definition) is 1. The third kappa shape index (κ3) is 5.79. The Labute approximate surface area is 125 Å². The molecular formula is C18H20O3. The molecule has 2 aromatic rings. The topological polar surface area (TPSA) is 46.5 Å². The van der Waals surface area contributed by atoms with E-state index in [4.69, 9.17) is 4.74 Å². The summed E-state index contributed by atoms with van der Waals surface area (Å²) in [5.41, 5.74) is 2.15. The smallest absolute Gasteiger partial charge is 0.308 e. The predicted octanol–water partition coefficient (Wildman–Crippen LogP) is 2.77. The van der Waals surface area contributed by atoms with Crippen LogP contribution in [0.25, 0.3) is 0 Å². The van der Waals surface area contributed by atoms with Crippen LogP contribution in [-0.2, 0) is 22.4 Å². The summed E-state index contributed by atoms with van der Waals surface area (Å²) < 4.78 is 5.16. The predicted molar refractivity (Wildman–Crippen MR) is 81.9 cm³/mol. The fourth-order valence-electron chi connectivity index (χ4n) is 2.14. The Balaban J connectivity index is 1.67. The quantitative estimate of drug-likeness (QED) is 0.795. The van der Waals surface area contributed by atoms with E-state index in [0.29, 0.717) is 19.4 Å². The molecule has 0 radical (unpaired) electrons. The lowest BCUT2D eigenvalue weighted by atomic mass is 10.1. The highest BCUT2D eigenvalue weighted by Gasteiger charge is 2.12. The van der Waals surface area contributed by atoms with Gasteiger partial charge in [-0.05, 0) is 17.5 Å². The normalized spacial score (nSPS) is 11.9. The minimum absolute atomic E-state index is 0.0314. The van der Waals surface area contributed by atoms with Gasteiger partial charge < -0.3 is 9.84 Å². The van der Waals surface area contributed by atoms with Gasteiger partial charge in [-0.15, -0.1) is 0 Å². The van der Waals surface area contributed by atoms with Crippen LogP contribution in [0.2, 0.25) is 0 Å². The molecule has 0 heterocycles. The lowest BCUT2D eigenvalue weighted by Crippen LogP contribution is -2.18. The van der Waals surface area contributed by atoms with Crippen molar-refractivity contribution >= 4 is 5.97 Å². The molecule has 2 aromatic carbocycles. The van der Waals surface area contributed by atoms with E-state index >= 15 is 0 Å². The molecule has 110 valence electrons. The molecule has 0 aromatic heterocycles. The second-order valence-electron chi connectivity index (χ2n) is 5.00. The number of ether oxygens (including phenoxy) is 1. The van der Waals surface area contributed by atoms with E-state index in [-0.39, 0.29) is 12.4 Å². The van der Waals surface area contributed by atoms with Crippen molar-refractivity contribution in [3.63, 3.8) is 0 Å². The summed E-state index contributed by atoms with van der Waals surface area (Å²) in [4.78, 5) is 11.7. The molecule has 1 N–H and O–H groups in total. The van der Waals surface area contributed by atoms with Crippen molar-refractivity contribution in [1.29, 1.82) is 0 Å². The number of esters is 1. The zero-order chi connectivity index (χ0) is 14.9. The average Bonchev–Trinajstić information content (AvgIpc) is 2.49. The van der Waals surface area contributed by atoms with Crippen LogP contribution in [0.5, 0.6) is 0 Å². The van der Waals surface area contributed by atoms with E-state index < -0.39 is 6.10 Å². The first kappa shape index (κ1) is 15.3. The van der Waals surface area contributed by atoms with Gasteiger partial charge in [-0.2, -0.15) is 0 Å². The maximum Gasteiger partial charge on any atom is 0.308 e. The zero-order valence-electron chi connectivity index (χ0n) is 11.9. The molecule has 0 bridgehead atoms. The van der Waals surface area contributed by atoms with Gasteiger partial charge in [0.2, 0.25) is 0 Å². The Morgan fingerprint density at radius 2 is 1.52 bits per heavy atom. The van der Waals surface area contributed by atoms with Crippen LogP contribution in [0.1, 0.15) is 17.5 Å². The molecule has 2 rings (SSSR count). The molecule has 0 aliphatic carbocycles. The minimum Gasteiger partial charge on any atom is -0.465 e. The van der Waals surface area contributed by atoms with Crippen molar-refractivity contribution in [1.82, 2.24) is 0 Å². The summed E-state index contributed by atoms with van der Waals surface area (Å²) in [5.74, 6) is -0.352. The first-order valence-corrected chi connectivity index (χ1v) is 7.15. The summed E-state index contributed by atoms with van der Waals surface area (Å²) in [6.07, 6.45) is 0.497. The van der Waals surface area contributed by atoms with Crippen LogP contribution >= 0.6 is 0 Å². The highest BCUT2D eigenvalue weighted by molar-refractivity contribution is 5.70. The number of carbonyl (C=O) groups excluding carboxylic acids is 1. The Bertz CT molecular complexity index is 537. The monoisotopic (exact) mass is 284 g/mol. The van der Waals surface area contributed by atoms with Gasteiger partial charge in [0.25, 0.3) is 0 Å². The lowest BCUT2D eigenvalue weighted by molar-refractivity contribution is -0.145. The van der Waals surface area contributed by atoms with Crippen molar-refractivity contribution in [3.8, 4) is 0 Å². The maximum atomic E-state index is 11.7. The van der Waals surface area contributed by atoms with Crippen LogP contribution in [-0.4, -0.2) is 23.8 Å². The largest absolute Gasteiger partial charge is 0.465 e. The van der Waals surface area contributed by atoms with Crippen molar-refractivity contribution < 1.29 is 14.6 Å². The van der Waals surface area contributed by atoms with Gasteiger partial charge in [-0.25, -0.2) is 0 Å². The van der Waals surface area contributed by atoms with Gasteiger partial charge in [-0.1, -0.05) is 60.7 Å². The van der Waals surface area contributed by atoms with Crippen molar-refractivity contribution in [2.45, 2.75) is 25.4 Å². The molecule has 0 aliphatic rings. The molecule has 0 saturated heterocycles. The first-order chi connectivity index (χ1) is 10.2. The number of aliphatic hydroxyl groups excluding tert-OH is 1. The maximum absolute atomic E-state index is 11.7. The Kier molecular flexibility index (Phi) is 5.98. The van der Waals surface area contributed by atoms with Gasteiger partial charge in [0.15, 0.2) is 0 Å². The highest BCUT2D eigenvalue weighted by atomic mass is 16.5. The zero-order valence-corrected chi connectivity index (χ0v) is 11.9. The second-order valence-corrected chi connectivity index (χ2v) is 5.00. The standard InChI is InChI=1S/C18H20O3/c19-17(13-16-9-5-2-6-10-16)14-18(20)21-12-11-15-7-3-1-4-8-15/h1-10,17,19H,11-14H2. The van der Waals surface area contributed by atoms with Crippen molar-refractivity contribution in [2.75, 3.05) is 6.61 Å². The molecule has 1 atom stereocenters. The number of rotatable bonds is 7. The number of benzene rings is 2. The van der Waals surface area contributed by atoms with Crippen molar-refractivity contribution in [2.24, 2.45) is 0 Å². The van der Waals surface area contributed by atoms with Crippen molar-refractivity contribution in [3.05, 3.63) is 71.8 Å². The molecular weight excluding hydrogens is 264 g/mol. The van der Waals surface area contributed by atoms with Gasteiger partial charge >= 0.3 is 5.97 Å². The molecule has 0 fully saturated rings. The molecule has 0 spiro atoms. The van der Waals surface area contributed by atoms with Crippen LogP contribution in [0, 0.1) is 0 Å². The van der Waals surface area contributed by atoms with E-state index in [0.717, 1.165) is 11.1 Å². The van der Waals surface area contributed by atoms with Gasteiger partial charge in [0.1, 0.15) is 0 Å². The minimum atomic E-state index is -0.698. The molecule has 0 amide bonds. The fraction of sp³-hybridized carbons (Fsp3) is 0.278. The van der Waals surface area contributed by atoms with Gasteiger partial charge in [0.05, 0.1) is 19.1 Å². The average molecular weight is 284 g/mol. The van der Waals surface area contributed by atoms with E-state index in [9.17, 15) is 9.90 Å². The van der Waals surface area contributed by atoms with E-state index in [1.54, 1.807) is 0 Å². The summed E-state index contributed by atoms with van der Waals surface area (Å²) >= 11 is 0. The molecule has 0 saturated carbocycles. The fourth-order valence-corrected chi connectivity index (χ4v) is 2.14. The number of carbonyl (C=O) groups is 1. The summed E-state index contributed by atoms with van der Waals surface area (Å²) in [7, 11) is 0. The van der Waals surface area contributed by atoms with Crippen LogP contribution in [0.4, 0.5) is 0 Å². The molecule has 3 nitrogen and oxygen atoms in total. The van der Waals surface area contributed by atoms with Crippen LogP contribution in [0.3, 0.4) is 0 Å². The first-order valence-electron chi connectivity index (χ1n) is 7.15. The van der Waals surface area contributed by atoms with E-state index in [1.807, 2.05) is 60.7 Å². The Morgan fingerprint density at radius 1 is 0.952 bits per heavy atom. The summed E-state index contributed by atoms with van der Waals surface area (Å²) in [5, 5.41) is 9.89. The van der Waals surface area contributed by atoms with Gasteiger partial charge in [-0.3, -0.25) is 4.79 Å². The highest BCUT2D eigenvalue weighted by Crippen LogP contribution is 2.07. The second kappa shape index (κ2) is 8.22. The molecule has 3 heteroatoms. The SMILES string of the molecule is O=C(CC(O)Cc1ccccc1)OCCc1ccccc1. The Hall–Kier alpha value is -2.13. The van der Waals surface area contributed by atoms with Crippen LogP contribution in [0.15, 0.2) is 60.7 Å². The van der Waals surface area contributed by atoms with E-state index in [2.05, 4.69) is 0 Å². The number of hydrogen-bond acceptors (Lipinski definition) is 3. The third-order valence-electron chi connectivity index (χ3n) is 3.21.